The number of benzene rings is 1. The number of halogens is 3. The third kappa shape index (κ3) is 2.69. The molecule has 0 fully saturated rings. The zero-order valence-electron chi connectivity index (χ0n) is 9.88. The molecular formula is C12H11F3N2S. The minimum Gasteiger partial charge on any atom is -0.207 e. The van der Waals surface area contributed by atoms with Crippen LogP contribution in [0.2, 0.25) is 0 Å². The summed E-state index contributed by atoms with van der Waals surface area (Å²) in [5.74, 6) is -2.77. The second-order valence-corrected chi connectivity index (χ2v) is 5.32. The highest BCUT2D eigenvalue weighted by Gasteiger charge is 2.13. The van der Waals surface area contributed by atoms with Gasteiger partial charge in [-0.3, -0.25) is 0 Å². The highest BCUT2D eigenvalue weighted by molar-refractivity contribution is 7.11. The number of aromatic nitrogens is 2. The van der Waals surface area contributed by atoms with E-state index in [0.29, 0.717) is 11.1 Å². The lowest BCUT2D eigenvalue weighted by atomic mass is 10.1. The molecule has 1 heterocycles. The molecular weight excluding hydrogens is 261 g/mol. The van der Waals surface area contributed by atoms with Crippen LogP contribution in [0.4, 0.5) is 13.2 Å². The molecule has 0 unspecified atom stereocenters. The van der Waals surface area contributed by atoms with Crippen molar-refractivity contribution in [3.05, 3.63) is 45.2 Å². The Kier molecular flexibility index (Phi) is 3.65. The van der Waals surface area contributed by atoms with E-state index in [1.54, 1.807) is 0 Å². The summed E-state index contributed by atoms with van der Waals surface area (Å²) < 4.78 is 39.2. The van der Waals surface area contributed by atoms with Crippen molar-refractivity contribution in [1.29, 1.82) is 0 Å². The summed E-state index contributed by atoms with van der Waals surface area (Å²) in [7, 11) is 0. The van der Waals surface area contributed by atoms with Crippen molar-refractivity contribution in [1.82, 2.24) is 10.2 Å². The van der Waals surface area contributed by atoms with Crippen molar-refractivity contribution in [2.45, 2.75) is 26.2 Å². The van der Waals surface area contributed by atoms with Gasteiger partial charge in [0, 0.05) is 18.4 Å². The van der Waals surface area contributed by atoms with Crippen LogP contribution in [0.5, 0.6) is 0 Å². The summed E-state index contributed by atoms with van der Waals surface area (Å²) >= 11 is 1.35. The molecule has 2 nitrogen and oxygen atoms in total. The number of hydrogen-bond donors (Lipinski definition) is 0. The Balaban J connectivity index is 2.25. The zero-order valence-corrected chi connectivity index (χ0v) is 10.7. The van der Waals surface area contributed by atoms with Crippen molar-refractivity contribution in [2.24, 2.45) is 0 Å². The Labute approximate surface area is 106 Å². The predicted octanol–water partition coefficient (Wildman–Crippen LogP) is 3.67. The van der Waals surface area contributed by atoms with Gasteiger partial charge < -0.3 is 0 Å². The summed E-state index contributed by atoms with van der Waals surface area (Å²) in [6.45, 7) is 3.95. The average molecular weight is 272 g/mol. The van der Waals surface area contributed by atoms with Gasteiger partial charge in [0.2, 0.25) is 0 Å². The molecule has 0 atom stereocenters. The normalized spacial score (nSPS) is 11.2. The highest BCUT2D eigenvalue weighted by Crippen LogP contribution is 2.23. The largest absolute Gasteiger partial charge is 0.207 e. The first-order chi connectivity index (χ1) is 8.47. The van der Waals surface area contributed by atoms with Crippen LogP contribution in [0.1, 0.15) is 35.3 Å². The van der Waals surface area contributed by atoms with Gasteiger partial charge in [-0.05, 0) is 11.6 Å². The molecule has 0 radical (unpaired) electrons. The third-order valence-corrected chi connectivity index (χ3v) is 3.63. The molecule has 2 rings (SSSR count). The van der Waals surface area contributed by atoms with E-state index >= 15 is 0 Å². The lowest BCUT2D eigenvalue weighted by Crippen LogP contribution is -1.96. The summed E-state index contributed by atoms with van der Waals surface area (Å²) in [6, 6.07) is 1.41. The van der Waals surface area contributed by atoms with Gasteiger partial charge in [0.25, 0.3) is 0 Å². The van der Waals surface area contributed by atoms with Gasteiger partial charge in [-0.1, -0.05) is 13.8 Å². The molecule has 6 heteroatoms. The second kappa shape index (κ2) is 5.06. The van der Waals surface area contributed by atoms with Crippen LogP contribution < -0.4 is 0 Å². The molecule has 2 aromatic rings. The Morgan fingerprint density at radius 2 is 1.72 bits per heavy atom. The Morgan fingerprint density at radius 3 is 2.33 bits per heavy atom. The first-order valence-electron chi connectivity index (χ1n) is 5.43. The van der Waals surface area contributed by atoms with Crippen molar-refractivity contribution in [2.75, 3.05) is 0 Å². The van der Waals surface area contributed by atoms with E-state index in [1.807, 2.05) is 13.8 Å². The molecule has 0 aliphatic rings. The molecule has 0 saturated carbocycles. The fraction of sp³-hybridized carbons (Fsp3) is 0.333. The van der Waals surface area contributed by atoms with E-state index in [4.69, 9.17) is 0 Å². The molecule has 1 aromatic carbocycles. The summed E-state index contributed by atoms with van der Waals surface area (Å²) in [5.41, 5.74) is 0.0837. The van der Waals surface area contributed by atoms with Gasteiger partial charge in [-0.15, -0.1) is 21.5 Å². The zero-order chi connectivity index (χ0) is 13.3. The second-order valence-electron chi connectivity index (χ2n) is 4.22. The average Bonchev–Trinajstić information content (AvgIpc) is 2.74. The van der Waals surface area contributed by atoms with Gasteiger partial charge in [0.15, 0.2) is 11.6 Å². The molecule has 0 saturated heterocycles. The molecule has 0 spiro atoms. The van der Waals surface area contributed by atoms with Crippen LogP contribution in [0.15, 0.2) is 12.1 Å². The molecule has 0 amide bonds. The summed E-state index contributed by atoms with van der Waals surface area (Å²) in [6.07, 6.45) is 0.118. The molecule has 18 heavy (non-hydrogen) atoms. The number of nitrogens with zero attached hydrogens (tertiary/aromatic N) is 2. The molecule has 0 aliphatic heterocycles. The minimum atomic E-state index is -1.18. The molecule has 1 aromatic heterocycles. The van der Waals surface area contributed by atoms with Crippen molar-refractivity contribution >= 4 is 11.3 Å². The Hall–Kier alpha value is -1.43. The number of rotatable bonds is 3. The van der Waals surface area contributed by atoms with Crippen LogP contribution in [0, 0.1) is 17.5 Å². The minimum absolute atomic E-state index is 0.0837. The molecule has 0 aliphatic carbocycles. The monoisotopic (exact) mass is 272 g/mol. The highest BCUT2D eigenvalue weighted by atomic mass is 32.1. The quantitative estimate of drug-likeness (QED) is 0.797. The Morgan fingerprint density at radius 1 is 1.06 bits per heavy atom. The van der Waals surface area contributed by atoms with Crippen LogP contribution in [0.3, 0.4) is 0 Å². The van der Waals surface area contributed by atoms with E-state index in [-0.39, 0.29) is 17.9 Å². The lowest BCUT2D eigenvalue weighted by Gasteiger charge is -2.01. The van der Waals surface area contributed by atoms with Crippen molar-refractivity contribution in [3.63, 3.8) is 0 Å². The third-order valence-electron chi connectivity index (χ3n) is 2.41. The first-order valence-corrected chi connectivity index (χ1v) is 6.24. The van der Waals surface area contributed by atoms with E-state index in [1.165, 1.54) is 11.3 Å². The fourth-order valence-corrected chi connectivity index (χ4v) is 2.30. The first kappa shape index (κ1) is 13.0. The molecule has 0 bridgehead atoms. The van der Waals surface area contributed by atoms with Gasteiger partial charge in [0.1, 0.15) is 15.8 Å². The van der Waals surface area contributed by atoms with Crippen LogP contribution in [-0.4, -0.2) is 10.2 Å². The van der Waals surface area contributed by atoms with Crippen LogP contribution in [0.25, 0.3) is 0 Å². The topological polar surface area (TPSA) is 25.8 Å². The standard InChI is InChI=1S/C12H11F3N2S/c1-6(2)12-17-16-11(18-12)4-7-3-9(14)10(15)5-8(7)13/h3,5-6H,4H2,1-2H3. The van der Waals surface area contributed by atoms with Gasteiger partial charge in [-0.2, -0.15) is 0 Å². The smallest absolute Gasteiger partial charge is 0.161 e. The van der Waals surface area contributed by atoms with Gasteiger partial charge in [0.05, 0.1) is 0 Å². The number of hydrogen-bond acceptors (Lipinski definition) is 3. The lowest BCUT2D eigenvalue weighted by molar-refractivity contribution is 0.491. The SMILES string of the molecule is CC(C)c1nnc(Cc2cc(F)c(F)cc2F)s1. The van der Waals surface area contributed by atoms with E-state index in [9.17, 15) is 13.2 Å². The van der Waals surface area contributed by atoms with Crippen molar-refractivity contribution < 1.29 is 13.2 Å². The van der Waals surface area contributed by atoms with Crippen LogP contribution >= 0.6 is 11.3 Å². The fourth-order valence-electron chi connectivity index (χ4n) is 1.43. The summed E-state index contributed by atoms with van der Waals surface area (Å²) in [5, 5.41) is 9.30. The maximum Gasteiger partial charge on any atom is 0.161 e. The Bertz CT molecular complexity index is 566. The van der Waals surface area contributed by atoms with Crippen LogP contribution in [-0.2, 0) is 6.42 Å². The maximum atomic E-state index is 13.4. The predicted molar refractivity (Wildman–Crippen MR) is 63.1 cm³/mol. The van der Waals surface area contributed by atoms with E-state index in [2.05, 4.69) is 10.2 Å². The van der Waals surface area contributed by atoms with Crippen molar-refractivity contribution in [3.8, 4) is 0 Å². The van der Waals surface area contributed by atoms with Gasteiger partial charge in [-0.25, -0.2) is 13.2 Å². The molecule has 96 valence electrons. The molecule has 0 N–H and O–H groups in total. The van der Waals surface area contributed by atoms with E-state index < -0.39 is 17.5 Å². The van der Waals surface area contributed by atoms with E-state index in [0.717, 1.165) is 11.1 Å². The summed E-state index contributed by atoms with van der Waals surface area (Å²) in [4.78, 5) is 0. The van der Waals surface area contributed by atoms with Gasteiger partial charge >= 0.3 is 0 Å². The maximum absolute atomic E-state index is 13.4.